The molecule has 1 aromatic rings. The van der Waals surface area contributed by atoms with Gasteiger partial charge in [0.15, 0.2) is 0 Å². The van der Waals surface area contributed by atoms with Crippen molar-refractivity contribution >= 4 is 0 Å². The lowest BCUT2D eigenvalue weighted by Crippen LogP contribution is -2.24. The van der Waals surface area contributed by atoms with E-state index in [4.69, 9.17) is 10.5 Å². The molecule has 0 spiro atoms. The third-order valence-corrected chi connectivity index (χ3v) is 2.37. The highest BCUT2D eigenvalue weighted by Gasteiger charge is 2.07. The Morgan fingerprint density at radius 1 is 1.50 bits per heavy atom. The van der Waals surface area contributed by atoms with E-state index in [-0.39, 0.29) is 0 Å². The Morgan fingerprint density at radius 2 is 2.31 bits per heavy atom. The number of rotatable bonds is 7. The van der Waals surface area contributed by atoms with E-state index in [0.717, 1.165) is 24.3 Å². The van der Waals surface area contributed by atoms with Crippen LogP contribution < -0.4 is 15.8 Å². The van der Waals surface area contributed by atoms with Gasteiger partial charge in [0.1, 0.15) is 5.75 Å². The van der Waals surface area contributed by atoms with Crippen LogP contribution in [0.25, 0.3) is 0 Å². The Bertz CT molecular complexity index is 305. The van der Waals surface area contributed by atoms with E-state index in [0.29, 0.717) is 13.1 Å². The number of hydrogen-bond donors (Lipinski definition) is 3. The number of aliphatic hydroxyl groups excluding tert-OH is 1. The zero-order valence-corrected chi connectivity index (χ0v) is 9.65. The molecular weight excluding hydrogens is 204 g/mol. The lowest BCUT2D eigenvalue weighted by molar-refractivity contribution is 0.174. The molecule has 0 amide bonds. The van der Waals surface area contributed by atoms with Crippen LogP contribution in [0.15, 0.2) is 24.3 Å². The summed E-state index contributed by atoms with van der Waals surface area (Å²) in [5, 5.41) is 13.0. The first-order chi connectivity index (χ1) is 7.77. The number of aliphatic hydroxyl groups is 1. The molecule has 0 aliphatic rings. The molecule has 0 heterocycles. The molecule has 0 bridgehead atoms. The molecule has 0 aromatic heterocycles. The minimum atomic E-state index is -0.507. The van der Waals surface area contributed by atoms with Crippen molar-refractivity contribution in [3.8, 4) is 5.75 Å². The van der Waals surface area contributed by atoms with Gasteiger partial charge in [-0.15, -0.1) is 0 Å². The summed E-state index contributed by atoms with van der Waals surface area (Å²) in [6.07, 6.45) is 0.415. The van der Waals surface area contributed by atoms with Gasteiger partial charge in [0.05, 0.1) is 13.2 Å². The summed E-state index contributed by atoms with van der Waals surface area (Å²) >= 11 is 0. The van der Waals surface area contributed by atoms with Gasteiger partial charge >= 0.3 is 0 Å². The molecule has 0 saturated carbocycles. The maximum Gasteiger partial charge on any atom is 0.119 e. The number of nitrogens with one attached hydrogen (secondary N) is 1. The van der Waals surface area contributed by atoms with Gasteiger partial charge in [-0.05, 0) is 37.2 Å². The van der Waals surface area contributed by atoms with Crippen LogP contribution in [0.2, 0.25) is 0 Å². The van der Waals surface area contributed by atoms with Gasteiger partial charge in [0.2, 0.25) is 0 Å². The summed E-state index contributed by atoms with van der Waals surface area (Å²) in [5.74, 6) is 0.763. The highest BCUT2D eigenvalue weighted by Crippen LogP contribution is 2.18. The lowest BCUT2D eigenvalue weighted by atomic mass is 10.1. The van der Waals surface area contributed by atoms with Crippen molar-refractivity contribution in [3.05, 3.63) is 29.8 Å². The monoisotopic (exact) mass is 224 g/mol. The molecule has 1 unspecified atom stereocenters. The molecule has 0 radical (unpaired) electrons. The lowest BCUT2D eigenvalue weighted by Gasteiger charge is -2.12. The Kier molecular flexibility index (Phi) is 5.85. The van der Waals surface area contributed by atoms with Crippen LogP contribution in [-0.2, 0) is 0 Å². The van der Waals surface area contributed by atoms with E-state index in [1.165, 1.54) is 0 Å². The van der Waals surface area contributed by atoms with Gasteiger partial charge in [-0.25, -0.2) is 0 Å². The van der Waals surface area contributed by atoms with Gasteiger partial charge < -0.3 is 20.9 Å². The third-order valence-electron chi connectivity index (χ3n) is 2.37. The van der Waals surface area contributed by atoms with E-state index < -0.39 is 6.10 Å². The van der Waals surface area contributed by atoms with Crippen LogP contribution in [0.3, 0.4) is 0 Å². The summed E-state index contributed by atoms with van der Waals surface area (Å²) in [6, 6.07) is 7.46. The highest BCUT2D eigenvalue weighted by molar-refractivity contribution is 5.29. The molecule has 4 nitrogen and oxygen atoms in total. The number of nitrogens with two attached hydrogens (primary N) is 1. The molecule has 0 fully saturated rings. The molecule has 0 saturated heterocycles. The van der Waals surface area contributed by atoms with Crippen LogP contribution in [0.5, 0.6) is 5.75 Å². The summed E-state index contributed by atoms with van der Waals surface area (Å²) in [4.78, 5) is 0. The number of methoxy groups -OCH3 is 1. The number of hydrogen-bond acceptors (Lipinski definition) is 4. The second-order valence-electron chi connectivity index (χ2n) is 3.64. The topological polar surface area (TPSA) is 67.5 Å². The van der Waals surface area contributed by atoms with E-state index in [9.17, 15) is 5.11 Å². The van der Waals surface area contributed by atoms with Gasteiger partial charge in [-0.1, -0.05) is 12.1 Å². The van der Waals surface area contributed by atoms with Crippen molar-refractivity contribution in [1.82, 2.24) is 5.32 Å². The number of benzene rings is 1. The van der Waals surface area contributed by atoms with Crippen LogP contribution in [0.4, 0.5) is 0 Å². The van der Waals surface area contributed by atoms with Crippen molar-refractivity contribution < 1.29 is 9.84 Å². The summed E-state index contributed by atoms with van der Waals surface area (Å²) in [6.45, 7) is 2.03. The second-order valence-corrected chi connectivity index (χ2v) is 3.64. The molecule has 4 heteroatoms. The van der Waals surface area contributed by atoms with Crippen molar-refractivity contribution in [2.24, 2.45) is 5.73 Å². The maximum absolute atomic E-state index is 9.89. The Balaban J connectivity index is 2.42. The maximum atomic E-state index is 9.89. The molecule has 0 aliphatic heterocycles. The van der Waals surface area contributed by atoms with Crippen molar-refractivity contribution in [1.29, 1.82) is 0 Å². The quantitative estimate of drug-likeness (QED) is 0.595. The first-order valence-corrected chi connectivity index (χ1v) is 5.50. The largest absolute Gasteiger partial charge is 0.497 e. The first kappa shape index (κ1) is 13.0. The first-order valence-electron chi connectivity index (χ1n) is 5.50. The van der Waals surface area contributed by atoms with Gasteiger partial charge in [0.25, 0.3) is 0 Å². The predicted molar refractivity (Wildman–Crippen MR) is 64.5 cm³/mol. The van der Waals surface area contributed by atoms with E-state index in [2.05, 4.69) is 5.32 Å². The molecular formula is C12H20N2O2. The van der Waals surface area contributed by atoms with Crippen LogP contribution >= 0.6 is 0 Å². The van der Waals surface area contributed by atoms with Gasteiger partial charge in [-0.2, -0.15) is 0 Å². The normalized spacial score (nSPS) is 12.4. The van der Waals surface area contributed by atoms with Crippen molar-refractivity contribution in [2.75, 3.05) is 26.7 Å². The summed E-state index contributed by atoms with van der Waals surface area (Å²) < 4.78 is 5.10. The predicted octanol–water partition coefficient (Wildman–Crippen LogP) is 0.667. The molecule has 1 aromatic carbocycles. The van der Waals surface area contributed by atoms with Gasteiger partial charge in [0, 0.05) is 6.54 Å². The molecule has 1 rings (SSSR count). The average molecular weight is 224 g/mol. The van der Waals surface area contributed by atoms with Crippen molar-refractivity contribution in [2.45, 2.75) is 12.5 Å². The van der Waals surface area contributed by atoms with E-state index in [1.807, 2.05) is 24.3 Å². The highest BCUT2D eigenvalue weighted by atomic mass is 16.5. The zero-order valence-electron chi connectivity index (χ0n) is 9.65. The third kappa shape index (κ3) is 4.18. The Labute approximate surface area is 96.4 Å². The molecule has 1 atom stereocenters. The average Bonchev–Trinajstić information content (AvgIpc) is 2.34. The summed E-state index contributed by atoms with van der Waals surface area (Å²) in [5.41, 5.74) is 6.24. The van der Waals surface area contributed by atoms with Gasteiger partial charge in [-0.3, -0.25) is 0 Å². The molecule has 16 heavy (non-hydrogen) atoms. The zero-order chi connectivity index (χ0) is 11.8. The van der Waals surface area contributed by atoms with Crippen molar-refractivity contribution in [3.63, 3.8) is 0 Å². The molecule has 0 aliphatic carbocycles. The van der Waals surface area contributed by atoms with E-state index in [1.54, 1.807) is 7.11 Å². The van der Waals surface area contributed by atoms with Crippen LogP contribution in [-0.4, -0.2) is 31.9 Å². The standard InChI is InChI=1S/C12H20N2O2/c1-16-11-5-2-4-10(8-11)12(15)9-14-7-3-6-13/h2,4-5,8,12,14-15H,3,6-7,9,13H2,1H3. The van der Waals surface area contributed by atoms with Crippen LogP contribution in [0, 0.1) is 0 Å². The smallest absolute Gasteiger partial charge is 0.119 e. The minimum Gasteiger partial charge on any atom is -0.497 e. The minimum absolute atomic E-state index is 0.507. The second kappa shape index (κ2) is 7.22. The number of ether oxygens (including phenoxy) is 1. The molecule has 90 valence electrons. The Morgan fingerprint density at radius 3 is 3.00 bits per heavy atom. The molecule has 4 N–H and O–H groups in total. The Hall–Kier alpha value is -1.10. The fraction of sp³-hybridized carbons (Fsp3) is 0.500. The fourth-order valence-electron chi connectivity index (χ4n) is 1.43. The SMILES string of the molecule is COc1cccc(C(O)CNCCCN)c1. The summed E-state index contributed by atoms with van der Waals surface area (Å²) in [7, 11) is 1.62. The fourth-order valence-corrected chi connectivity index (χ4v) is 1.43. The van der Waals surface area contributed by atoms with E-state index >= 15 is 0 Å². The van der Waals surface area contributed by atoms with Crippen LogP contribution in [0.1, 0.15) is 18.1 Å².